The molecule has 0 amide bonds. The van der Waals surface area contributed by atoms with Crippen molar-refractivity contribution in [3.05, 3.63) is 59.2 Å². The molecule has 1 aliphatic rings. The highest BCUT2D eigenvalue weighted by atomic mass is 16.5. The van der Waals surface area contributed by atoms with Crippen molar-refractivity contribution in [3.63, 3.8) is 0 Å². The summed E-state index contributed by atoms with van der Waals surface area (Å²) in [6, 6.07) is 14.6. The standard InChI is InChI=1S/C26H34N2O2/c1-5-19(3)25(21-8-11-24(12-9-21)30-6-2)17-22-7-10-23(18-26(22)20(4)29)28-15-13-27-14-16-28/h7-12,17-19,27H,5-6,13-16H2,1-4H3/b25-17+. The molecule has 0 spiro atoms. The maximum atomic E-state index is 12.5. The number of piperazine rings is 1. The van der Waals surface area contributed by atoms with Crippen molar-refractivity contribution in [2.24, 2.45) is 5.92 Å². The third-order valence-corrected chi connectivity index (χ3v) is 5.85. The molecule has 0 aliphatic carbocycles. The van der Waals surface area contributed by atoms with E-state index in [1.807, 2.05) is 19.1 Å². The normalized spacial score (nSPS) is 15.7. The van der Waals surface area contributed by atoms with Crippen molar-refractivity contribution in [1.29, 1.82) is 0 Å². The summed E-state index contributed by atoms with van der Waals surface area (Å²) in [6.07, 6.45) is 3.23. The predicted molar refractivity (Wildman–Crippen MR) is 126 cm³/mol. The van der Waals surface area contributed by atoms with Gasteiger partial charge in [-0.05, 0) is 67.2 Å². The van der Waals surface area contributed by atoms with E-state index in [0.717, 1.165) is 55.2 Å². The van der Waals surface area contributed by atoms with E-state index in [1.54, 1.807) is 6.92 Å². The Balaban J connectivity index is 1.99. The second kappa shape index (κ2) is 10.4. The molecule has 1 heterocycles. The monoisotopic (exact) mass is 406 g/mol. The third-order valence-electron chi connectivity index (χ3n) is 5.85. The zero-order valence-corrected chi connectivity index (χ0v) is 18.7. The molecular weight excluding hydrogens is 372 g/mol. The zero-order chi connectivity index (χ0) is 21.5. The maximum Gasteiger partial charge on any atom is 0.160 e. The lowest BCUT2D eigenvalue weighted by Gasteiger charge is -2.30. The first kappa shape index (κ1) is 22.1. The highest BCUT2D eigenvalue weighted by Gasteiger charge is 2.16. The summed E-state index contributed by atoms with van der Waals surface area (Å²) in [5, 5.41) is 3.38. The van der Waals surface area contributed by atoms with Crippen LogP contribution in [0.3, 0.4) is 0 Å². The Morgan fingerprint density at radius 2 is 1.83 bits per heavy atom. The lowest BCUT2D eigenvalue weighted by atomic mass is 9.89. The van der Waals surface area contributed by atoms with Gasteiger partial charge in [-0.1, -0.05) is 38.1 Å². The highest BCUT2D eigenvalue weighted by molar-refractivity contribution is 6.00. The van der Waals surface area contributed by atoms with Crippen molar-refractivity contribution in [3.8, 4) is 5.75 Å². The van der Waals surface area contributed by atoms with E-state index in [9.17, 15) is 4.79 Å². The number of ketones is 1. The van der Waals surface area contributed by atoms with Gasteiger partial charge in [0.05, 0.1) is 6.61 Å². The number of rotatable bonds is 8. The van der Waals surface area contributed by atoms with E-state index < -0.39 is 0 Å². The molecule has 1 aliphatic heterocycles. The Bertz CT molecular complexity index is 880. The van der Waals surface area contributed by atoms with Gasteiger partial charge < -0.3 is 15.0 Å². The highest BCUT2D eigenvalue weighted by Crippen LogP contribution is 2.31. The van der Waals surface area contributed by atoms with Crippen molar-refractivity contribution in [2.75, 3.05) is 37.7 Å². The van der Waals surface area contributed by atoms with Gasteiger partial charge in [0.25, 0.3) is 0 Å². The number of nitrogens with zero attached hydrogens (tertiary/aromatic N) is 1. The lowest BCUT2D eigenvalue weighted by Crippen LogP contribution is -2.43. The molecule has 1 unspecified atom stereocenters. The summed E-state index contributed by atoms with van der Waals surface area (Å²) in [6.45, 7) is 12.7. The molecule has 2 aromatic rings. The Labute approximate surface area is 180 Å². The molecule has 1 atom stereocenters. The Morgan fingerprint density at radius 3 is 2.43 bits per heavy atom. The number of carbonyl (C=O) groups is 1. The number of anilines is 1. The van der Waals surface area contributed by atoms with Crippen LogP contribution in [0.15, 0.2) is 42.5 Å². The number of allylic oxidation sites excluding steroid dienone is 1. The van der Waals surface area contributed by atoms with Crippen LogP contribution in [-0.2, 0) is 0 Å². The summed E-state index contributed by atoms with van der Waals surface area (Å²) in [7, 11) is 0. The first-order chi connectivity index (χ1) is 14.5. The van der Waals surface area contributed by atoms with E-state index in [1.165, 1.54) is 11.1 Å². The fraction of sp³-hybridized carbons (Fsp3) is 0.423. The minimum Gasteiger partial charge on any atom is -0.494 e. The van der Waals surface area contributed by atoms with Crippen LogP contribution in [0.2, 0.25) is 0 Å². The Kier molecular flexibility index (Phi) is 7.69. The van der Waals surface area contributed by atoms with Crippen LogP contribution in [0.5, 0.6) is 5.75 Å². The quantitative estimate of drug-likeness (QED) is 0.478. The maximum absolute atomic E-state index is 12.5. The van der Waals surface area contributed by atoms with E-state index >= 15 is 0 Å². The van der Waals surface area contributed by atoms with Crippen LogP contribution in [0, 0.1) is 5.92 Å². The van der Waals surface area contributed by atoms with Gasteiger partial charge in [0, 0.05) is 37.4 Å². The van der Waals surface area contributed by atoms with Gasteiger partial charge in [0.2, 0.25) is 0 Å². The van der Waals surface area contributed by atoms with Crippen LogP contribution in [0.25, 0.3) is 11.6 Å². The minimum atomic E-state index is 0.105. The topological polar surface area (TPSA) is 41.6 Å². The van der Waals surface area contributed by atoms with Crippen molar-refractivity contribution >= 4 is 23.1 Å². The minimum absolute atomic E-state index is 0.105. The number of hydrogen-bond donors (Lipinski definition) is 1. The van der Waals surface area contributed by atoms with Crippen LogP contribution in [0.1, 0.15) is 55.6 Å². The SMILES string of the molecule is CCOc1ccc(/C(=C/c2ccc(N3CCNCC3)cc2C(C)=O)C(C)CC)cc1. The molecular formula is C26H34N2O2. The predicted octanol–water partition coefficient (Wildman–Crippen LogP) is 5.28. The van der Waals surface area contributed by atoms with Gasteiger partial charge in [-0.15, -0.1) is 0 Å². The lowest BCUT2D eigenvalue weighted by molar-refractivity contribution is 0.101. The molecule has 3 rings (SSSR count). The van der Waals surface area contributed by atoms with Gasteiger partial charge in [-0.25, -0.2) is 0 Å². The van der Waals surface area contributed by atoms with E-state index in [0.29, 0.717) is 12.5 Å². The van der Waals surface area contributed by atoms with E-state index in [2.05, 4.69) is 60.5 Å². The van der Waals surface area contributed by atoms with Gasteiger partial charge >= 0.3 is 0 Å². The molecule has 0 aromatic heterocycles. The fourth-order valence-electron chi connectivity index (χ4n) is 3.90. The molecule has 0 radical (unpaired) electrons. The van der Waals surface area contributed by atoms with Gasteiger partial charge in [0.15, 0.2) is 5.78 Å². The fourth-order valence-corrected chi connectivity index (χ4v) is 3.90. The molecule has 1 saturated heterocycles. The Morgan fingerprint density at radius 1 is 1.13 bits per heavy atom. The average molecular weight is 407 g/mol. The Hall–Kier alpha value is -2.59. The van der Waals surface area contributed by atoms with Crippen LogP contribution in [0.4, 0.5) is 5.69 Å². The molecule has 0 saturated carbocycles. The number of benzene rings is 2. The first-order valence-electron chi connectivity index (χ1n) is 11.1. The number of hydrogen-bond acceptors (Lipinski definition) is 4. The summed E-state index contributed by atoms with van der Waals surface area (Å²) >= 11 is 0. The smallest absolute Gasteiger partial charge is 0.160 e. The first-order valence-corrected chi connectivity index (χ1v) is 11.1. The van der Waals surface area contributed by atoms with Crippen molar-refractivity contribution < 1.29 is 9.53 Å². The van der Waals surface area contributed by atoms with Gasteiger partial charge in [-0.3, -0.25) is 4.79 Å². The third kappa shape index (κ3) is 5.31. The van der Waals surface area contributed by atoms with Gasteiger partial charge in [0.1, 0.15) is 5.75 Å². The van der Waals surface area contributed by atoms with Crippen LogP contribution < -0.4 is 15.0 Å². The second-order valence-electron chi connectivity index (χ2n) is 7.93. The van der Waals surface area contributed by atoms with Crippen molar-refractivity contribution in [2.45, 2.75) is 34.1 Å². The molecule has 1 fully saturated rings. The zero-order valence-electron chi connectivity index (χ0n) is 18.7. The average Bonchev–Trinajstić information content (AvgIpc) is 2.78. The molecule has 1 N–H and O–H groups in total. The molecule has 2 aromatic carbocycles. The van der Waals surface area contributed by atoms with Gasteiger partial charge in [-0.2, -0.15) is 0 Å². The number of Topliss-reactive ketones (excluding diaryl/α,β-unsaturated/α-hetero) is 1. The molecule has 4 heteroatoms. The van der Waals surface area contributed by atoms with E-state index in [4.69, 9.17) is 4.74 Å². The summed E-state index contributed by atoms with van der Waals surface area (Å²) in [5.74, 6) is 1.37. The number of nitrogens with one attached hydrogen (secondary N) is 1. The summed E-state index contributed by atoms with van der Waals surface area (Å²) in [5.41, 5.74) is 5.33. The molecule has 4 nitrogen and oxygen atoms in total. The number of carbonyl (C=O) groups excluding carboxylic acids is 1. The molecule has 0 bridgehead atoms. The summed E-state index contributed by atoms with van der Waals surface area (Å²) < 4.78 is 5.59. The second-order valence-corrected chi connectivity index (χ2v) is 7.93. The largest absolute Gasteiger partial charge is 0.494 e. The molecule has 160 valence electrons. The van der Waals surface area contributed by atoms with E-state index in [-0.39, 0.29) is 5.78 Å². The summed E-state index contributed by atoms with van der Waals surface area (Å²) in [4.78, 5) is 14.8. The van der Waals surface area contributed by atoms with Crippen molar-refractivity contribution in [1.82, 2.24) is 5.32 Å². The van der Waals surface area contributed by atoms with Crippen LogP contribution in [-0.4, -0.2) is 38.6 Å². The number of ether oxygens (including phenoxy) is 1. The van der Waals surface area contributed by atoms with Crippen LogP contribution >= 0.6 is 0 Å². The molecule has 30 heavy (non-hydrogen) atoms.